The Labute approximate surface area is 234 Å². The number of aromatic nitrogens is 4. The van der Waals surface area contributed by atoms with Crippen LogP contribution in [0.5, 0.6) is 0 Å². The minimum absolute atomic E-state index is 0.0134. The van der Waals surface area contributed by atoms with Gasteiger partial charge in [-0.1, -0.05) is 18.7 Å². The molecule has 0 saturated carbocycles. The van der Waals surface area contributed by atoms with Crippen molar-refractivity contribution in [1.29, 1.82) is 0 Å². The molecular weight excluding hydrogens is 498 g/mol. The molecule has 6 rings (SSSR count). The number of aryl methyl sites for hydroxylation is 2. The van der Waals surface area contributed by atoms with Crippen LogP contribution >= 0.6 is 0 Å². The highest BCUT2D eigenvalue weighted by atomic mass is 16.2. The van der Waals surface area contributed by atoms with E-state index in [-0.39, 0.29) is 11.9 Å². The van der Waals surface area contributed by atoms with E-state index >= 15 is 0 Å². The first-order valence-electron chi connectivity index (χ1n) is 13.6. The SMILES string of the molecule is C=CC(=O)N1CCN(c2ccc3ncnc(Nc4ccc(Cc5ccc6c(c5)ncn6C)c(C)c4)c3c2)C(C)C1. The van der Waals surface area contributed by atoms with E-state index in [2.05, 4.69) is 94.1 Å². The number of nitrogens with one attached hydrogen (secondary N) is 1. The van der Waals surface area contributed by atoms with E-state index in [1.165, 1.54) is 22.8 Å². The summed E-state index contributed by atoms with van der Waals surface area (Å²) in [5, 5.41) is 4.49. The third-order valence-electron chi connectivity index (χ3n) is 7.85. The summed E-state index contributed by atoms with van der Waals surface area (Å²) >= 11 is 0. The van der Waals surface area contributed by atoms with Gasteiger partial charge in [-0.15, -0.1) is 0 Å². The zero-order valence-electron chi connectivity index (χ0n) is 23.1. The van der Waals surface area contributed by atoms with Crippen molar-refractivity contribution in [3.8, 4) is 0 Å². The highest BCUT2D eigenvalue weighted by Crippen LogP contribution is 2.30. The summed E-state index contributed by atoms with van der Waals surface area (Å²) in [5.74, 6) is 0.758. The highest BCUT2D eigenvalue weighted by molar-refractivity contribution is 5.93. The van der Waals surface area contributed by atoms with Crippen molar-refractivity contribution in [2.45, 2.75) is 26.3 Å². The average molecular weight is 532 g/mol. The molecule has 0 bridgehead atoms. The van der Waals surface area contributed by atoms with Gasteiger partial charge in [-0.25, -0.2) is 15.0 Å². The topological polar surface area (TPSA) is 79.2 Å². The maximum absolute atomic E-state index is 12.1. The summed E-state index contributed by atoms with van der Waals surface area (Å²) in [5.41, 5.74) is 8.86. The second-order valence-corrected chi connectivity index (χ2v) is 10.6. The van der Waals surface area contributed by atoms with Gasteiger partial charge in [0, 0.05) is 49.5 Å². The Morgan fingerprint density at radius 1 is 1.05 bits per heavy atom. The van der Waals surface area contributed by atoms with Crippen molar-refractivity contribution in [2.24, 2.45) is 7.05 Å². The lowest BCUT2D eigenvalue weighted by Crippen LogP contribution is -2.53. The van der Waals surface area contributed by atoms with Gasteiger partial charge < -0.3 is 19.7 Å². The molecule has 1 N–H and O–H groups in total. The zero-order valence-corrected chi connectivity index (χ0v) is 23.1. The molecule has 1 aliphatic rings. The fraction of sp³-hybridized carbons (Fsp3) is 0.250. The maximum atomic E-state index is 12.1. The van der Waals surface area contributed by atoms with E-state index in [1.807, 2.05) is 28.9 Å². The number of imidazole rings is 1. The molecule has 0 aliphatic carbocycles. The molecular formula is C32H33N7O. The van der Waals surface area contributed by atoms with Crippen LogP contribution < -0.4 is 10.2 Å². The van der Waals surface area contributed by atoms with E-state index in [9.17, 15) is 4.79 Å². The van der Waals surface area contributed by atoms with Crippen molar-refractivity contribution in [2.75, 3.05) is 29.9 Å². The summed E-state index contributed by atoms with van der Waals surface area (Å²) < 4.78 is 2.04. The lowest BCUT2D eigenvalue weighted by molar-refractivity contribution is -0.126. The van der Waals surface area contributed by atoms with Gasteiger partial charge in [0.15, 0.2) is 0 Å². The van der Waals surface area contributed by atoms with E-state index < -0.39 is 0 Å². The first-order valence-corrected chi connectivity index (χ1v) is 13.6. The summed E-state index contributed by atoms with van der Waals surface area (Å²) in [4.78, 5) is 29.9. The van der Waals surface area contributed by atoms with Crippen molar-refractivity contribution < 1.29 is 4.79 Å². The number of piperazine rings is 1. The van der Waals surface area contributed by atoms with Crippen LogP contribution in [-0.4, -0.2) is 56.0 Å². The van der Waals surface area contributed by atoms with Crippen molar-refractivity contribution in [1.82, 2.24) is 24.4 Å². The van der Waals surface area contributed by atoms with Crippen molar-refractivity contribution in [3.05, 3.63) is 96.6 Å². The Morgan fingerprint density at radius 2 is 1.93 bits per heavy atom. The van der Waals surface area contributed by atoms with Gasteiger partial charge in [0.25, 0.3) is 0 Å². The van der Waals surface area contributed by atoms with Crippen LogP contribution in [0, 0.1) is 6.92 Å². The zero-order chi connectivity index (χ0) is 27.8. The van der Waals surface area contributed by atoms with Gasteiger partial charge >= 0.3 is 0 Å². The number of hydrogen-bond acceptors (Lipinski definition) is 6. The van der Waals surface area contributed by atoms with E-state index in [0.29, 0.717) is 13.1 Å². The number of benzene rings is 3. The first kappa shape index (κ1) is 25.6. The predicted octanol–water partition coefficient (Wildman–Crippen LogP) is 5.38. The number of amides is 1. The Bertz CT molecular complexity index is 1740. The van der Waals surface area contributed by atoms with Crippen molar-refractivity contribution in [3.63, 3.8) is 0 Å². The Hall–Kier alpha value is -4.72. The summed E-state index contributed by atoms with van der Waals surface area (Å²) in [6.07, 6.45) is 5.69. The minimum Gasteiger partial charge on any atom is -0.365 e. The van der Waals surface area contributed by atoms with Gasteiger partial charge in [-0.3, -0.25) is 4.79 Å². The predicted molar refractivity (Wildman–Crippen MR) is 161 cm³/mol. The molecule has 202 valence electrons. The molecule has 40 heavy (non-hydrogen) atoms. The van der Waals surface area contributed by atoms with Crippen LogP contribution in [0.2, 0.25) is 0 Å². The molecule has 1 amide bonds. The molecule has 1 atom stereocenters. The van der Waals surface area contributed by atoms with Crippen LogP contribution in [0.4, 0.5) is 17.2 Å². The maximum Gasteiger partial charge on any atom is 0.246 e. The second kappa shape index (κ2) is 10.4. The standard InChI is InChI=1S/C32H33N7O/c1-5-31(40)38-12-13-39(22(3)18-38)26-9-10-28-27(17-26)32(34-19-33-28)36-25-8-7-24(21(2)14-25)15-23-6-11-30-29(16-23)35-20-37(30)4/h5-11,14,16-17,19-20,22H,1,12-13,15,18H2,2-4H3,(H,33,34,36). The fourth-order valence-corrected chi connectivity index (χ4v) is 5.61. The van der Waals surface area contributed by atoms with Crippen LogP contribution in [0.15, 0.2) is 79.9 Å². The van der Waals surface area contributed by atoms with Crippen LogP contribution in [0.1, 0.15) is 23.6 Å². The molecule has 0 spiro atoms. The first-order chi connectivity index (χ1) is 19.4. The molecule has 2 aromatic heterocycles. The number of hydrogen-bond donors (Lipinski definition) is 1. The lowest BCUT2D eigenvalue weighted by atomic mass is 9.99. The van der Waals surface area contributed by atoms with Gasteiger partial charge in [-0.05, 0) is 85.5 Å². The van der Waals surface area contributed by atoms with Crippen LogP contribution in [-0.2, 0) is 18.3 Å². The number of anilines is 3. The number of carbonyl (C=O) groups is 1. The highest BCUT2D eigenvalue weighted by Gasteiger charge is 2.26. The third-order valence-corrected chi connectivity index (χ3v) is 7.85. The monoisotopic (exact) mass is 531 g/mol. The molecule has 3 heterocycles. The normalized spacial score (nSPS) is 15.5. The quantitative estimate of drug-likeness (QED) is 0.296. The van der Waals surface area contributed by atoms with E-state index in [0.717, 1.165) is 52.1 Å². The molecule has 5 aromatic rings. The molecule has 0 radical (unpaired) electrons. The molecule has 1 fully saturated rings. The molecule has 3 aromatic carbocycles. The number of fused-ring (bicyclic) bond motifs is 2. The fourth-order valence-electron chi connectivity index (χ4n) is 5.61. The van der Waals surface area contributed by atoms with Gasteiger partial charge in [-0.2, -0.15) is 0 Å². The number of rotatable bonds is 6. The summed E-state index contributed by atoms with van der Waals surface area (Å²) in [7, 11) is 2.02. The average Bonchev–Trinajstić information content (AvgIpc) is 3.33. The smallest absolute Gasteiger partial charge is 0.246 e. The van der Waals surface area contributed by atoms with Crippen molar-refractivity contribution >= 4 is 45.0 Å². The Morgan fingerprint density at radius 3 is 2.73 bits per heavy atom. The molecule has 8 heteroatoms. The number of nitrogens with zero attached hydrogens (tertiary/aromatic N) is 6. The Kier molecular flexibility index (Phi) is 6.67. The number of carbonyl (C=O) groups excluding carboxylic acids is 1. The summed E-state index contributed by atoms with van der Waals surface area (Å²) in [6, 6.07) is 19.4. The molecule has 1 unspecified atom stereocenters. The lowest BCUT2D eigenvalue weighted by Gasteiger charge is -2.41. The third kappa shape index (κ3) is 4.88. The van der Waals surface area contributed by atoms with E-state index in [1.54, 1.807) is 6.33 Å². The van der Waals surface area contributed by atoms with E-state index in [4.69, 9.17) is 0 Å². The van der Waals surface area contributed by atoms with Crippen LogP contribution in [0.3, 0.4) is 0 Å². The van der Waals surface area contributed by atoms with Crippen LogP contribution in [0.25, 0.3) is 21.9 Å². The Balaban J connectivity index is 1.22. The minimum atomic E-state index is -0.0134. The van der Waals surface area contributed by atoms with Gasteiger partial charge in [0.1, 0.15) is 12.1 Å². The summed E-state index contributed by atoms with van der Waals surface area (Å²) in [6.45, 7) is 10.0. The van der Waals surface area contributed by atoms with Gasteiger partial charge in [0.05, 0.1) is 22.9 Å². The molecule has 1 aliphatic heterocycles. The largest absolute Gasteiger partial charge is 0.365 e. The second-order valence-electron chi connectivity index (χ2n) is 10.6. The van der Waals surface area contributed by atoms with Gasteiger partial charge in [0.2, 0.25) is 5.91 Å². The molecule has 8 nitrogen and oxygen atoms in total. The molecule has 1 saturated heterocycles.